The summed E-state index contributed by atoms with van der Waals surface area (Å²) in [6.45, 7) is 3.95. The number of nitrogens with zero attached hydrogens (tertiary/aromatic N) is 1. The fraction of sp³-hybridized carbons (Fsp3) is 0.571. The molecule has 2 atom stereocenters. The molecule has 0 spiro atoms. The van der Waals surface area contributed by atoms with Crippen molar-refractivity contribution in [3.63, 3.8) is 0 Å². The molecule has 5 rings (SSSR count). The van der Waals surface area contributed by atoms with Gasteiger partial charge < -0.3 is 14.1 Å². The van der Waals surface area contributed by atoms with E-state index >= 15 is 0 Å². The minimum absolute atomic E-state index is 0.0602. The largest absolute Gasteiger partial charge is 0.534 e. The monoisotopic (exact) mass is 536 g/mol. The molecule has 1 saturated carbocycles. The number of amides is 1. The summed E-state index contributed by atoms with van der Waals surface area (Å²) < 4.78 is 65.1. The molecule has 2 saturated heterocycles. The molecule has 0 radical (unpaired) electrons. The van der Waals surface area contributed by atoms with Crippen LogP contribution >= 0.6 is 15.9 Å². The highest BCUT2D eigenvalue weighted by molar-refractivity contribution is 9.10. The topological polar surface area (TPSA) is 79.5 Å². The van der Waals surface area contributed by atoms with E-state index < -0.39 is 21.4 Å². The minimum atomic E-state index is -5.76. The van der Waals surface area contributed by atoms with Crippen molar-refractivity contribution in [3.05, 3.63) is 30.0 Å². The van der Waals surface area contributed by atoms with Gasteiger partial charge in [-0.15, -0.1) is 0 Å². The quantitative estimate of drug-likeness (QED) is 0.312. The van der Waals surface area contributed by atoms with Gasteiger partial charge in [0, 0.05) is 39.9 Å². The van der Waals surface area contributed by atoms with Crippen LogP contribution in [0.5, 0.6) is 5.75 Å². The van der Waals surface area contributed by atoms with Crippen molar-refractivity contribution in [3.8, 4) is 5.75 Å². The number of piperidine rings is 2. The van der Waals surface area contributed by atoms with E-state index in [1.54, 1.807) is 6.20 Å². The Morgan fingerprint density at radius 3 is 2.66 bits per heavy atom. The number of halogens is 4. The molecule has 3 fully saturated rings. The lowest BCUT2D eigenvalue weighted by molar-refractivity contribution is -0.145. The van der Waals surface area contributed by atoms with Crippen LogP contribution < -0.4 is 4.18 Å². The summed E-state index contributed by atoms with van der Waals surface area (Å²) in [4.78, 5) is 18.2. The zero-order valence-electron chi connectivity index (χ0n) is 17.6. The molecule has 176 valence electrons. The lowest BCUT2D eigenvalue weighted by Gasteiger charge is -2.58. The maximum Gasteiger partial charge on any atom is 0.534 e. The molecule has 2 unspecified atom stereocenters. The van der Waals surface area contributed by atoms with Gasteiger partial charge in [0.1, 0.15) is 5.75 Å². The van der Waals surface area contributed by atoms with Gasteiger partial charge in [0.2, 0.25) is 5.91 Å². The second-order valence-electron chi connectivity index (χ2n) is 8.82. The van der Waals surface area contributed by atoms with Gasteiger partial charge in [-0.3, -0.25) is 4.79 Å². The summed E-state index contributed by atoms with van der Waals surface area (Å²) in [5, 5.41) is 0.522. The Morgan fingerprint density at radius 1 is 1.34 bits per heavy atom. The number of fused-ring (bicyclic) bond motifs is 3. The second-order valence-corrected chi connectivity index (χ2v) is 12.0. The fourth-order valence-corrected chi connectivity index (χ4v) is 6.52. The Morgan fingerprint density at radius 2 is 2.03 bits per heavy atom. The zero-order chi connectivity index (χ0) is 23.5. The average molecular weight is 537 g/mol. The third-order valence-corrected chi connectivity index (χ3v) is 8.49. The SMILES string of the molecule is CCC1CC2(Br)CC(C2)N1C(=O)CC(C)c1c[nH]c2ccc(OS(=O)(=O)C(F)(F)F)cc12. The Balaban J connectivity index is 1.54. The highest BCUT2D eigenvalue weighted by atomic mass is 79.9. The van der Waals surface area contributed by atoms with E-state index in [1.165, 1.54) is 12.1 Å². The van der Waals surface area contributed by atoms with Crippen molar-refractivity contribution in [1.82, 2.24) is 9.88 Å². The molecule has 1 aromatic carbocycles. The fourth-order valence-electron chi connectivity index (χ4n) is 4.95. The molecule has 2 aromatic rings. The highest BCUT2D eigenvalue weighted by Crippen LogP contribution is 2.52. The van der Waals surface area contributed by atoms with Gasteiger partial charge in [-0.05, 0) is 55.4 Å². The number of alkyl halides is 4. The summed E-state index contributed by atoms with van der Waals surface area (Å²) >= 11 is 3.80. The summed E-state index contributed by atoms with van der Waals surface area (Å²) in [5.41, 5.74) is -4.18. The Bertz CT molecular complexity index is 1140. The third-order valence-electron chi connectivity index (χ3n) is 6.54. The molecule has 2 aliphatic heterocycles. The molecular formula is C21H24BrF3N2O4S. The first-order chi connectivity index (χ1) is 14.8. The smallest absolute Gasteiger partial charge is 0.376 e. The van der Waals surface area contributed by atoms with E-state index in [9.17, 15) is 26.4 Å². The van der Waals surface area contributed by atoms with E-state index in [0.717, 1.165) is 37.3 Å². The van der Waals surface area contributed by atoms with Crippen molar-refractivity contribution in [1.29, 1.82) is 0 Å². The zero-order valence-corrected chi connectivity index (χ0v) is 20.0. The van der Waals surface area contributed by atoms with Gasteiger partial charge in [-0.25, -0.2) is 0 Å². The predicted octanol–water partition coefficient (Wildman–Crippen LogP) is 5.20. The van der Waals surface area contributed by atoms with Crippen LogP contribution in [0.1, 0.15) is 57.4 Å². The van der Waals surface area contributed by atoms with Gasteiger partial charge in [0.15, 0.2) is 0 Å². The first kappa shape index (κ1) is 23.4. The van der Waals surface area contributed by atoms with Crippen LogP contribution in [0.2, 0.25) is 0 Å². The number of benzene rings is 1. The number of carbonyl (C=O) groups excluding carboxylic acids is 1. The molecule has 6 nitrogen and oxygen atoms in total. The number of rotatable bonds is 6. The van der Waals surface area contributed by atoms with E-state index in [0.29, 0.717) is 10.9 Å². The predicted molar refractivity (Wildman–Crippen MR) is 117 cm³/mol. The van der Waals surface area contributed by atoms with Gasteiger partial charge in [0.25, 0.3) is 0 Å². The van der Waals surface area contributed by atoms with Crippen molar-refractivity contribution in [2.75, 3.05) is 0 Å². The maximum absolute atomic E-state index is 13.2. The van der Waals surface area contributed by atoms with Crippen LogP contribution in [0.3, 0.4) is 0 Å². The standard InChI is InChI=1S/C21H24BrF3N2O4S/c1-3-13-8-20(22)9-14(10-20)27(13)19(28)6-12(2)17-11-26-18-5-4-15(7-16(17)18)31-32(29,30)21(23,24)25/h4-5,7,11-14,26H,3,6,8-10H2,1-2H3. The summed E-state index contributed by atoms with van der Waals surface area (Å²) in [6.07, 6.45) is 5.66. The molecule has 3 heterocycles. The normalized spacial score (nSPS) is 26.6. The minimum Gasteiger partial charge on any atom is -0.376 e. The average Bonchev–Trinajstić information content (AvgIpc) is 3.08. The summed E-state index contributed by atoms with van der Waals surface area (Å²) in [7, 11) is -5.76. The maximum atomic E-state index is 13.2. The van der Waals surface area contributed by atoms with Crippen molar-refractivity contribution < 1.29 is 30.6 Å². The van der Waals surface area contributed by atoms with Crippen LogP contribution in [0.25, 0.3) is 10.9 Å². The second kappa shape index (κ2) is 7.93. The highest BCUT2D eigenvalue weighted by Gasteiger charge is 2.54. The first-order valence-corrected chi connectivity index (χ1v) is 12.7. The molecule has 1 N–H and O–H groups in total. The van der Waals surface area contributed by atoms with Crippen molar-refractivity contribution in [2.45, 2.75) is 73.8 Å². The number of hydrogen-bond acceptors (Lipinski definition) is 4. The first-order valence-electron chi connectivity index (χ1n) is 10.5. The van der Waals surface area contributed by atoms with E-state index in [1.807, 2.05) is 11.8 Å². The number of nitrogens with one attached hydrogen (secondary N) is 1. The van der Waals surface area contributed by atoms with Crippen molar-refractivity contribution >= 4 is 42.9 Å². The van der Waals surface area contributed by atoms with E-state index in [4.69, 9.17) is 0 Å². The number of H-pyrrole nitrogens is 1. The van der Waals surface area contributed by atoms with Crippen molar-refractivity contribution in [2.24, 2.45) is 0 Å². The lowest BCUT2D eigenvalue weighted by atomic mass is 9.69. The Kier molecular flexibility index (Phi) is 5.80. The van der Waals surface area contributed by atoms with Gasteiger partial charge >= 0.3 is 15.6 Å². The third kappa shape index (κ3) is 4.13. The van der Waals surface area contributed by atoms with Crippen LogP contribution in [0, 0.1) is 0 Å². The van der Waals surface area contributed by atoms with Gasteiger partial charge in [-0.1, -0.05) is 29.8 Å². The molecule has 3 aliphatic rings. The summed E-state index contributed by atoms with van der Waals surface area (Å²) in [5.74, 6) is -0.594. The van der Waals surface area contributed by atoms with Crippen LogP contribution in [0.4, 0.5) is 13.2 Å². The molecule has 32 heavy (non-hydrogen) atoms. The number of aromatic nitrogens is 1. The van der Waals surface area contributed by atoms with Crippen LogP contribution in [0.15, 0.2) is 24.4 Å². The van der Waals surface area contributed by atoms with E-state index in [2.05, 4.69) is 32.0 Å². The van der Waals surface area contributed by atoms with Gasteiger partial charge in [0.05, 0.1) is 0 Å². The van der Waals surface area contributed by atoms with Crippen LogP contribution in [-0.4, -0.2) is 46.1 Å². The molecule has 1 aliphatic carbocycles. The number of carbonyl (C=O) groups is 1. The molecular weight excluding hydrogens is 513 g/mol. The Labute approximate surface area is 192 Å². The van der Waals surface area contributed by atoms with Crippen LogP contribution in [-0.2, 0) is 14.9 Å². The van der Waals surface area contributed by atoms with Gasteiger partial charge in [-0.2, -0.15) is 21.6 Å². The molecule has 2 bridgehead atoms. The van der Waals surface area contributed by atoms with E-state index in [-0.39, 0.29) is 34.7 Å². The number of aromatic amines is 1. The summed E-state index contributed by atoms with van der Waals surface area (Å²) in [6, 6.07) is 4.30. The molecule has 1 amide bonds. The molecule has 1 aromatic heterocycles. The Hall–Kier alpha value is -1.75. The molecule has 11 heteroatoms. The lowest BCUT2D eigenvalue weighted by Crippen LogP contribution is -2.64. The number of hydrogen-bond donors (Lipinski definition) is 1.